The molecular weight excluding hydrogens is 338 g/mol. The van der Waals surface area contributed by atoms with E-state index in [1.807, 2.05) is 32.1 Å². The summed E-state index contributed by atoms with van der Waals surface area (Å²) in [4.78, 5) is 23.4. The van der Waals surface area contributed by atoms with Crippen LogP contribution in [-0.2, 0) is 11.3 Å². The smallest absolute Gasteiger partial charge is 0.242 e. The van der Waals surface area contributed by atoms with Gasteiger partial charge in [-0.3, -0.25) is 4.79 Å². The number of aromatic nitrogens is 1. The average Bonchev–Trinajstić information content (AvgIpc) is 2.54. The van der Waals surface area contributed by atoms with E-state index >= 15 is 0 Å². The molecule has 1 amide bonds. The molecule has 7 heteroatoms. The van der Waals surface area contributed by atoms with E-state index in [1.54, 1.807) is 0 Å². The Kier molecular flexibility index (Phi) is 8.12. The Hall–Kier alpha value is -1.37. The van der Waals surface area contributed by atoms with Gasteiger partial charge in [0.2, 0.25) is 5.91 Å². The SMILES string of the molecule is CCCC(C)(N)C(=O)N1CCN(c2ccc(CN(C)C)cn2)CC1.Cl. The summed E-state index contributed by atoms with van der Waals surface area (Å²) < 4.78 is 0. The molecule has 0 saturated carbocycles. The van der Waals surface area contributed by atoms with Crippen molar-refractivity contribution in [1.82, 2.24) is 14.8 Å². The number of piperazine rings is 1. The predicted octanol–water partition coefficient (Wildman–Crippen LogP) is 1.73. The van der Waals surface area contributed by atoms with Crippen molar-refractivity contribution in [2.24, 2.45) is 5.73 Å². The summed E-state index contributed by atoms with van der Waals surface area (Å²) >= 11 is 0. The summed E-state index contributed by atoms with van der Waals surface area (Å²) in [5.41, 5.74) is 6.64. The third kappa shape index (κ3) is 5.83. The van der Waals surface area contributed by atoms with Gasteiger partial charge in [0, 0.05) is 38.9 Å². The highest BCUT2D eigenvalue weighted by Gasteiger charge is 2.33. The van der Waals surface area contributed by atoms with Gasteiger partial charge < -0.3 is 20.4 Å². The molecule has 2 heterocycles. The Balaban J connectivity index is 0.00000312. The fraction of sp³-hybridized carbons (Fsp3) is 0.667. The van der Waals surface area contributed by atoms with Crippen molar-refractivity contribution >= 4 is 24.1 Å². The molecule has 0 aliphatic carbocycles. The number of nitrogens with zero attached hydrogens (tertiary/aromatic N) is 4. The quantitative estimate of drug-likeness (QED) is 0.827. The van der Waals surface area contributed by atoms with Crippen LogP contribution in [-0.4, -0.2) is 66.5 Å². The zero-order chi connectivity index (χ0) is 17.7. The van der Waals surface area contributed by atoms with E-state index in [9.17, 15) is 4.79 Å². The van der Waals surface area contributed by atoms with Crippen LogP contribution in [0.2, 0.25) is 0 Å². The Morgan fingerprint density at radius 3 is 2.40 bits per heavy atom. The van der Waals surface area contributed by atoms with E-state index < -0.39 is 5.54 Å². The van der Waals surface area contributed by atoms with E-state index in [0.29, 0.717) is 13.1 Å². The zero-order valence-electron chi connectivity index (χ0n) is 15.9. The van der Waals surface area contributed by atoms with Gasteiger partial charge in [0.05, 0.1) is 5.54 Å². The largest absolute Gasteiger partial charge is 0.353 e. The predicted molar refractivity (Wildman–Crippen MR) is 105 cm³/mol. The molecule has 1 aromatic rings. The van der Waals surface area contributed by atoms with E-state index in [2.05, 4.69) is 33.8 Å². The van der Waals surface area contributed by atoms with Crippen LogP contribution in [0.25, 0.3) is 0 Å². The van der Waals surface area contributed by atoms with Gasteiger partial charge >= 0.3 is 0 Å². The number of hydrogen-bond acceptors (Lipinski definition) is 5. The highest BCUT2D eigenvalue weighted by Crippen LogP contribution is 2.18. The van der Waals surface area contributed by atoms with Crippen molar-refractivity contribution in [2.45, 2.75) is 38.8 Å². The maximum absolute atomic E-state index is 12.6. The lowest BCUT2D eigenvalue weighted by Gasteiger charge is -2.39. The second-order valence-electron chi connectivity index (χ2n) is 7.21. The van der Waals surface area contributed by atoms with Crippen molar-refractivity contribution in [2.75, 3.05) is 45.2 Å². The van der Waals surface area contributed by atoms with Gasteiger partial charge in [0.1, 0.15) is 5.82 Å². The minimum Gasteiger partial charge on any atom is -0.353 e. The number of carbonyl (C=O) groups is 1. The molecule has 1 atom stereocenters. The molecular formula is C18H32ClN5O. The van der Waals surface area contributed by atoms with Crippen molar-refractivity contribution in [1.29, 1.82) is 0 Å². The molecule has 1 saturated heterocycles. The molecule has 1 aliphatic heterocycles. The molecule has 0 radical (unpaired) electrons. The first-order valence-corrected chi connectivity index (χ1v) is 8.76. The van der Waals surface area contributed by atoms with Crippen LogP contribution in [0.1, 0.15) is 32.3 Å². The van der Waals surface area contributed by atoms with Gasteiger partial charge in [-0.25, -0.2) is 4.98 Å². The van der Waals surface area contributed by atoms with Crippen molar-refractivity contribution < 1.29 is 4.79 Å². The van der Waals surface area contributed by atoms with Gasteiger partial charge in [-0.2, -0.15) is 0 Å². The van der Waals surface area contributed by atoms with E-state index in [0.717, 1.165) is 38.3 Å². The zero-order valence-corrected chi connectivity index (χ0v) is 16.7. The molecule has 142 valence electrons. The monoisotopic (exact) mass is 369 g/mol. The van der Waals surface area contributed by atoms with Gasteiger partial charge in [-0.05, 0) is 39.1 Å². The molecule has 6 nitrogen and oxygen atoms in total. The Labute approximate surface area is 157 Å². The van der Waals surface area contributed by atoms with E-state index in [4.69, 9.17) is 5.73 Å². The minimum absolute atomic E-state index is 0. The molecule has 25 heavy (non-hydrogen) atoms. The Bertz CT molecular complexity index is 539. The summed E-state index contributed by atoms with van der Waals surface area (Å²) in [5.74, 6) is 1.05. The molecule has 0 bridgehead atoms. The molecule has 1 aromatic heterocycles. The lowest BCUT2D eigenvalue weighted by atomic mass is 9.95. The maximum Gasteiger partial charge on any atom is 0.242 e. The number of amides is 1. The topological polar surface area (TPSA) is 65.7 Å². The third-order valence-corrected chi connectivity index (χ3v) is 4.46. The van der Waals surface area contributed by atoms with Crippen molar-refractivity contribution in [3.8, 4) is 0 Å². The fourth-order valence-corrected chi connectivity index (χ4v) is 3.19. The molecule has 2 rings (SSSR count). The lowest BCUT2D eigenvalue weighted by molar-refractivity contribution is -0.137. The van der Waals surface area contributed by atoms with Crippen LogP contribution in [0.4, 0.5) is 5.82 Å². The van der Waals surface area contributed by atoms with Crippen LogP contribution >= 0.6 is 12.4 Å². The summed E-state index contributed by atoms with van der Waals surface area (Å²) in [7, 11) is 4.10. The minimum atomic E-state index is -0.747. The van der Waals surface area contributed by atoms with Crippen molar-refractivity contribution in [3.05, 3.63) is 23.9 Å². The van der Waals surface area contributed by atoms with E-state index in [-0.39, 0.29) is 18.3 Å². The standard InChI is InChI=1S/C18H31N5O.ClH/c1-5-8-18(2,19)17(24)23-11-9-22(10-12-23)16-7-6-15(13-20-16)14-21(3)4;/h6-7,13H,5,8-12,14,19H2,1-4H3;1H. The number of anilines is 1. The number of carbonyl (C=O) groups excluding carboxylic acids is 1. The normalized spacial score (nSPS) is 17.2. The van der Waals surface area contributed by atoms with Crippen LogP contribution in [0.3, 0.4) is 0 Å². The average molecular weight is 370 g/mol. The third-order valence-electron chi connectivity index (χ3n) is 4.46. The molecule has 1 aliphatic rings. The summed E-state index contributed by atoms with van der Waals surface area (Å²) in [6.45, 7) is 7.80. The van der Waals surface area contributed by atoms with Gasteiger partial charge in [0.25, 0.3) is 0 Å². The maximum atomic E-state index is 12.6. The first kappa shape index (κ1) is 21.7. The van der Waals surface area contributed by atoms with Gasteiger partial charge in [0.15, 0.2) is 0 Å². The van der Waals surface area contributed by atoms with E-state index in [1.165, 1.54) is 5.56 Å². The fourth-order valence-electron chi connectivity index (χ4n) is 3.19. The van der Waals surface area contributed by atoms with Gasteiger partial charge in [-0.1, -0.05) is 19.4 Å². The first-order chi connectivity index (χ1) is 11.3. The molecule has 1 unspecified atom stereocenters. The highest BCUT2D eigenvalue weighted by molar-refractivity contribution is 5.86. The number of rotatable bonds is 6. The highest BCUT2D eigenvalue weighted by atomic mass is 35.5. The number of halogens is 1. The molecule has 0 aromatic carbocycles. The second-order valence-corrected chi connectivity index (χ2v) is 7.21. The van der Waals surface area contributed by atoms with Crippen LogP contribution < -0.4 is 10.6 Å². The lowest BCUT2D eigenvalue weighted by Crippen LogP contribution is -2.58. The van der Waals surface area contributed by atoms with Crippen LogP contribution in [0, 0.1) is 0 Å². The first-order valence-electron chi connectivity index (χ1n) is 8.76. The molecule has 0 spiro atoms. The van der Waals surface area contributed by atoms with Gasteiger partial charge in [-0.15, -0.1) is 12.4 Å². The molecule has 1 fully saturated rings. The van der Waals surface area contributed by atoms with Crippen molar-refractivity contribution in [3.63, 3.8) is 0 Å². The Morgan fingerprint density at radius 1 is 1.28 bits per heavy atom. The summed E-state index contributed by atoms with van der Waals surface area (Å²) in [6, 6.07) is 4.19. The summed E-state index contributed by atoms with van der Waals surface area (Å²) in [6.07, 6.45) is 3.58. The number of nitrogens with two attached hydrogens (primary N) is 1. The number of pyridine rings is 1. The Morgan fingerprint density at radius 2 is 1.92 bits per heavy atom. The number of hydrogen-bond donors (Lipinski definition) is 1. The van der Waals surface area contributed by atoms with Crippen LogP contribution in [0.15, 0.2) is 18.3 Å². The molecule has 2 N–H and O–H groups in total. The second kappa shape index (κ2) is 9.36. The van der Waals surface area contributed by atoms with Crippen LogP contribution in [0.5, 0.6) is 0 Å². The summed E-state index contributed by atoms with van der Waals surface area (Å²) in [5, 5.41) is 0.